The Morgan fingerprint density at radius 1 is 1.38 bits per heavy atom. The molecule has 0 aliphatic heterocycles. The van der Waals surface area contributed by atoms with Gasteiger partial charge in [-0.15, -0.1) is 0 Å². The molecule has 5 nitrogen and oxygen atoms in total. The van der Waals surface area contributed by atoms with Crippen molar-refractivity contribution >= 4 is 10.0 Å². The molecule has 6 heteroatoms. The maximum absolute atomic E-state index is 12.2. The molecule has 0 atom stereocenters. The number of sulfonamides is 1. The van der Waals surface area contributed by atoms with Gasteiger partial charge in [0.05, 0.1) is 4.90 Å². The van der Waals surface area contributed by atoms with Crippen molar-refractivity contribution in [1.82, 2.24) is 14.6 Å². The zero-order valence-corrected chi connectivity index (χ0v) is 14.0. The smallest absolute Gasteiger partial charge is 0.242 e. The van der Waals surface area contributed by atoms with Gasteiger partial charge in [-0.1, -0.05) is 13.8 Å². The van der Waals surface area contributed by atoms with Crippen LogP contribution in [0, 0.1) is 5.92 Å². The lowest BCUT2D eigenvalue weighted by molar-refractivity contribution is 0.540. The Morgan fingerprint density at radius 2 is 2.10 bits per heavy atom. The molecule has 1 aliphatic carbocycles. The molecule has 2 rings (SSSR count). The van der Waals surface area contributed by atoms with E-state index in [-0.39, 0.29) is 0 Å². The van der Waals surface area contributed by atoms with Gasteiger partial charge in [-0.2, -0.15) is 0 Å². The van der Waals surface area contributed by atoms with Crippen molar-refractivity contribution in [2.75, 3.05) is 6.54 Å². The predicted molar refractivity (Wildman–Crippen MR) is 84.5 cm³/mol. The average Bonchev–Trinajstić information content (AvgIpc) is 3.15. The van der Waals surface area contributed by atoms with E-state index in [1.807, 2.05) is 11.6 Å². The SMILES string of the molecule is CC(C)CCCNS(=O)(=O)c1cc(CNC2CC2)n(C)c1. The van der Waals surface area contributed by atoms with E-state index in [9.17, 15) is 8.42 Å². The molecule has 0 bridgehead atoms. The molecule has 0 radical (unpaired) electrons. The Labute approximate surface area is 128 Å². The predicted octanol–water partition coefficient (Wildman–Crippen LogP) is 1.99. The summed E-state index contributed by atoms with van der Waals surface area (Å²) >= 11 is 0. The number of nitrogens with zero attached hydrogens (tertiary/aromatic N) is 1. The monoisotopic (exact) mass is 313 g/mol. The van der Waals surface area contributed by atoms with Crippen LogP contribution in [0.15, 0.2) is 17.2 Å². The van der Waals surface area contributed by atoms with Crippen LogP contribution in [0.2, 0.25) is 0 Å². The summed E-state index contributed by atoms with van der Waals surface area (Å²) in [4.78, 5) is 0.363. The van der Waals surface area contributed by atoms with Crippen LogP contribution in [0.5, 0.6) is 0 Å². The zero-order valence-electron chi connectivity index (χ0n) is 13.2. The third-order valence-electron chi connectivity index (χ3n) is 3.79. The minimum atomic E-state index is -3.38. The minimum absolute atomic E-state index is 0.363. The molecule has 1 fully saturated rings. The number of nitrogens with one attached hydrogen (secondary N) is 2. The second kappa shape index (κ2) is 6.94. The van der Waals surface area contributed by atoms with E-state index in [2.05, 4.69) is 23.9 Å². The van der Waals surface area contributed by atoms with Crippen molar-refractivity contribution in [3.8, 4) is 0 Å². The first-order chi connectivity index (χ1) is 9.88. The highest BCUT2D eigenvalue weighted by Gasteiger charge is 2.22. The molecule has 1 saturated carbocycles. The van der Waals surface area contributed by atoms with Gasteiger partial charge in [-0.05, 0) is 37.7 Å². The van der Waals surface area contributed by atoms with E-state index >= 15 is 0 Å². The number of hydrogen-bond donors (Lipinski definition) is 2. The third kappa shape index (κ3) is 5.13. The second-order valence-corrected chi connectivity index (χ2v) is 8.13. The quantitative estimate of drug-likeness (QED) is 0.685. The molecular weight excluding hydrogens is 286 g/mol. The highest BCUT2D eigenvalue weighted by atomic mass is 32.2. The van der Waals surface area contributed by atoms with Crippen molar-refractivity contribution in [1.29, 1.82) is 0 Å². The van der Waals surface area contributed by atoms with Crippen LogP contribution in [0.25, 0.3) is 0 Å². The molecule has 0 aromatic carbocycles. The first-order valence-electron chi connectivity index (χ1n) is 7.77. The van der Waals surface area contributed by atoms with Gasteiger partial charge in [0.2, 0.25) is 10.0 Å². The van der Waals surface area contributed by atoms with E-state index in [1.165, 1.54) is 12.8 Å². The van der Waals surface area contributed by atoms with Gasteiger partial charge >= 0.3 is 0 Å². The normalized spacial score (nSPS) is 15.8. The highest BCUT2D eigenvalue weighted by molar-refractivity contribution is 7.89. The molecule has 0 unspecified atom stereocenters. The van der Waals surface area contributed by atoms with E-state index in [0.29, 0.717) is 23.4 Å². The fraction of sp³-hybridized carbons (Fsp3) is 0.733. The molecule has 0 saturated heterocycles. The van der Waals surface area contributed by atoms with Crippen molar-refractivity contribution in [2.45, 2.75) is 57.0 Å². The maximum atomic E-state index is 12.2. The summed E-state index contributed by atoms with van der Waals surface area (Å²) in [6.07, 6.45) is 6.06. The molecular formula is C15H27N3O2S. The van der Waals surface area contributed by atoms with Gasteiger partial charge in [0.25, 0.3) is 0 Å². The Morgan fingerprint density at radius 3 is 2.71 bits per heavy atom. The molecule has 120 valence electrons. The fourth-order valence-corrected chi connectivity index (χ4v) is 3.40. The van der Waals surface area contributed by atoms with E-state index < -0.39 is 10.0 Å². The van der Waals surface area contributed by atoms with Crippen LogP contribution in [-0.2, 0) is 23.6 Å². The standard InChI is InChI=1S/C15H27N3O2S/c1-12(2)5-4-8-17-21(19,20)15-9-14(18(3)11-15)10-16-13-6-7-13/h9,11-13,16-17H,4-8,10H2,1-3H3. The van der Waals surface area contributed by atoms with Gasteiger partial charge in [0.1, 0.15) is 0 Å². The Bertz CT molecular complexity index is 559. The van der Waals surface area contributed by atoms with Gasteiger partial charge in [0.15, 0.2) is 0 Å². The molecule has 21 heavy (non-hydrogen) atoms. The Hall–Kier alpha value is -0.850. The highest BCUT2D eigenvalue weighted by Crippen LogP contribution is 2.20. The largest absolute Gasteiger partial charge is 0.352 e. The molecule has 1 heterocycles. The fourth-order valence-electron chi connectivity index (χ4n) is 2.24. The number of hydrogen-bond acceptors (Lipinski definition) is 3. The average molecular weight is 313 g/mol. The summed E-state index contributed by atoms with van der Waals surface area (Å²) in [5, 5.41) is 3.41. The number of aryl methyl sites for hydroxylation is 1. The maximum Gasteiger partial charge on any atom is 0.242 e. The van der Waals surface area contributed by atoms with E-state index in [0.717, 1.165) is 25.1 Å². The lowest BCUT2D eigenvalue weighted by Gasteiger charge is -2.06. The van der Waals surface area contributed by atoms with Gasteiger partial charge in [0, 0.05) is 38.1 Å². The first kappa shape index (κ1) is 16.5. The Balaban J connectivity index is 1.90. The molecule has 1 aromatic rings. The van der Waals surface area contributed by atoms with Crippen LogP contribution < -0.4 is 10.0 Å². The van der Waals surface area contributed by atoms with Crippen molar-refractivity contribution < 1.29 is 8.42 Å². The molecule has 1 aliphatic rings. The molecule has 1 aromatic heterocycles. The number of rotatable bonds is 9. The summed E-state index contributed by atoms with van der Waals surface area (Å²) in [5.74, 6) is 0.603. The second-order valence-electron chi connectivity index (χ2n) is 6.37. The third-order valence-corrected chi connectivity index (χ3v) is 5.22. The topological polar surface area (TPSA) is 63.1 Å². The van der Waals surface area contributed by atoms with Gasteiger partial charge < -0.3 is 9.88 Å². The zero-order chi connectivity index (χ0) is 15.5. The van der Waals surface area contributed by atoms with Gasteiger partial charge in [-0.3, -0.25) is 0 Å². The van der Waals surface area contributed by atoms with Crippen LogP contribution >= 0.6 is 0 Å². The van der Waals surface area contributed by atoms with Crippen LogP contribution in [0.4, 0.5) is 0 Å². The summed E-state index contributed by atoms with van der Waals surface area (Å²) in [7, 11) is -1.49. The van der Waals surface area contributed by atoms with E-state index in [4.69, 9.17) is 0 Å². The van der Waals surface area contributed by atoms with E-state index in [1.54, 1.807) is 12.3 Å². The summed E-state index contributed by atoms with van der Waals surface area (Å²) in [5.41, 5.74) is 1.00. The van der Waals surface area contributed by atoms with Crippen molar-refractivity contribution in [3.05, 3.63) is 18.0 Å². The van der Waals surface area contributed by atoms with Gasteiger partial charge in [-0.25, -0.2) is 13.1 Å². The first-order valence-corrected chi connectivity index (χ1v) is 9.25. The number of aromatic nitrogens is 1. The minimum Gasteiger partial charge on any atom is -0.352 e. The van der Waals surface area contributed by atoms with Crippen LogP contribution in [-0.4, -0.2) is 25.6 Å². The molecule has 0 amide bonds. The molecule has 2 N–H and O–H groups in total. The lowest BCUT2D eigenvalue weighted by atomic mass is 10.1. The van der Waals surface area contributed by atoms with Crippen molar-refractivity contribution in [2.24, 2.45) is 13.0 Å². The summed E-state index contributed by atoms with van der Waals surface area (Å²) in [6.45, 7) is 5.52. The summed E-state index contributed by atoms with van der Waals surface area (Å²) in [6, 6.07) is 2.38. The van der Waals surface area contributed by atoms with Crippen LogP contribution in [0.1, 0.15) is 45.2 Å². The van der Waals surface area contributed by atoms with Crippen LogP contribution in [0.3, 0.4) is 0 Å². The van der Waals surface area contributed by atoms with Crippen molar-refractivity contribution in [3.63, 3.8) is 0 Å². The lowest BCUT2D eigenvalue weighted by Crippen LogP contribution is -2.24. The summed E-state index contributed by atoms with van der Waals surface area (Å²) < 4.78 is 29.1. The Kier molecular flexibility index (Phi) is 5.46. The molecule has 0 spiro atoms.